The predicted octanol–water partition coefficient (Wildman–Crippen LogP) is 2.98. The second kappa shape index (κ2) is 5.90. The Morgan fingerprint density at radius 3 is 2.62 bits per heavy atom. The number of anilines is 2. The van der Waals surface area contributed by atoms with Crippen LogP contribution in [0.25, 0.3) is 0 Å². The molecular weight excluding hydrogens is 363 g/mol. The zero-order valence-corrected chi connectivity index (χ0v) is 13.3. The minimum absolute atomic E-state index is 0.0305. The fraction of sp³-hybridized carbons (Fsp3) is 0.0769. The van der Waals surface area contributed by atoms with Crippen LogP contribution in [0.1, 0.15) is 0 Å². The number of ether oxygens (including phenoxy) is 1. The monoisotopic (exact) mass is 374 g/mol. The first-order valence-electron chi connectivity index (χ1n) is 5.75. The first-order chi connectivity index (χ1) is 9.83. The number of hydrogen-bond donors (Lipinski definition) is 2. The number of nitrogens with two attached hydrogens (primary N) is 1. The van der Waals surface area contributed by atoms with Crippen LogP contribution in [-0.2, 0) is 10.0 Å². The second-order valence-electron chi connectivity index (χ2n) is 4.13. The van der Waals surface area contributed by atoms with Crippen LogP contribution in [-0.4, -0.2) is 15.5 Å². The molecule has 0 saturated heterocycles. The first-order valence-corrected chi connectivity index (χ1v) is 8.02. The number of nitrogen functional groups attached to an aromatic ring is 1. The van der Waals surface area contributed by atoms with Crippen LogP contribution in [0.4, 0.5) is 15.8 Å². The maximum atomic E-state index is 13.2. The van der Waals surface area contributed by atoms with E-state index >= 15 is 0 Å². The predicted molar refractivity (Wildman–Crippen MR) is 82.3 cm³/mol. The Kier molecular flexibility index (Phi) is 4.38. The maximum absolute atomic E-state index is 13.2. The average Bonchev–Trinajstić information content (AvgIpc) is 2.42. The quantitative estimate of drug-likeness (QED) is 0.806. The fourth-order valence-electron chi connectivity index (χ4n) is 1.68. The minimum atomic E-state index is -3.97. The lowest BCUT2D eigenvalue weighted by atomic mass is 10.3. The van der Waals surface area contributed by atoms with E-state index in [1.54, 1.807) is 6.07 Å². The molecule has 0 unspecified atom stereocenters. The molecule has 0 aliphatic carbocycles. The number of rotatable bonds is 4. The molecule has 0 saturated carbocycles. The highest BCUT2D eigenvalue weighted by atomic mass is 79.9. The van der Waals surface area contributed by atoms with Crippen molar-refractivity contribution in [3.05, 3.63) is 46.7 Å². The fourth-order valence-corrected chi connectivity index (χ4v) is 3.46. The van der Waals surface area contributed by atoms with E-state index in [2.05, 4.69) is 20.7 Å². The molecule has 0 radical (unpaired) electrons. The van der Waals surface area contributed by atoms with Gasteiger partial charge in [-0.25, -0.2) is 12.8 Å². The summed E-state index contributed by atoms with van der Waals surface area (Å²) >= 11 is 3.20. The molecule has 0 aromatic heterocycles. The van der Waals surface area contributed by atoms with Crippen LogP contribution in [0.5, 0.6) is 5.75 Å². The van der Waals surface area contributed by atoms with Gasteiger partial charge in [0.25, 0.3) is 10.0 Å². The van der Waals surface area contributed by atoms with Gasteiger partial charge >= 0.3 is 0 Å². The van der Waals surface area contributed by atoms with Crippen molar-refractivity contribution in [2.24, 2.45) is 0 Å². The highest BCUT2D eigenvalue weighted by Gasteiger charge is 2.21. The van der Waals surface area contributed by atoms with Crippen LogP contribution >= 0.6 is 15.9 Å². The maximum Gasteiger partial charge on any atom is 0.265 e. The van der Waals surface area contributed by atoms with Gasteiger partial charge in [0.05, 0.1) is 18.5 Å². The van der Waals surface area contributed by atoms with Gasteiger partial charge in [-0.05, 0) is 30.3 Å². The third-order valence-corrected chi connectivity index (χ3v) is 4.55. The SMILES string of the molecule is COc1ccc(Br)cc1S(=O)(=O)Nc1cc(F)ccc1N. The Balaban J connectivity index is 2.48. The summed E-state index contributed by atoms with van der Waals surface area (Å²) in [5, 5.41) is 0. The lowest BCUT2D eigenvalue weighted by molar-refractivity contribution is 0.403. The van der Waals surface area contributed by atoms with E-state index in [9.17, 15) is 12.8 Å². The molecule has 21 heavy (non-hydrogen) atoms. The zero-order chi connectivity index (χ0) is 15.6. The van der Waals surface area contributed by atoms with Crippen molar-refractivity contribution in [2.45, 2.75) is 4.90 Å². The molecule has 0 heterocycles. The van der Waals surface area contributed by atoms with Crippen LogP contribution in [0.15, 0.2) is 45.8 Å². The van der Waals surface area contributed by atoms with E-state index in [1.807, 2.05) is 0 Å². The summed E-state index contributed by atoms with van der Waals surface area (Å²) < 4.78 is 45.9. The largest absolute Gasteiger partial charge is 0.495 e. The summed E-state index contributed by atoms with van der Waals surface area (Å²) in [6, 6.07) is 7.98. The van der Waals surface area contributed by atoms with E-state index in [1.165, 1.54) is 25.3 Å². The van der Waals surface area contributed by atoms with E-state index < -0.39 is 15.8 Å². The number of benzene rings is 2. The molecule has 112 valence electrons. The third-order valence-electron chi connectivity index (χ3n) is 2.67. The van der Waals surface area contributed by atoms with Gasteiger partial charge < -0.3 is 10.5 Å². The van der Waals surface area contributed by atoms with Crippen molar-refractivity contribution in [3.8, 4) is 5.75 Å². The molecule has 0 amide bonds. The van der Waals surface area contributed by atoms with Gasteiger partial charge in [0.1, 0.15) is 16.5 Å². The standard InChI is InChI=1S/C13H12BrFN2O3S/c1-20-12-5-2-8(14)6-13(12)21(18,19)17-11-7-9(15)3-4-10(11)16/h2-7,17H,16H2,1H3. The summed E-state index contributed by atoms with van der Waals surface area (Å²) in [5.74, 6) is -0.427. The van der Waals surface area contributed by atoms with Crippen LogP contribution in [0, 0.1) is 5.82 Å². The highest BCUT2D eigenvalue weighted by Crippen LogP contribution is 2.30. The van der Waals surface area contributed by atoms with Crippen molar-refractivity contribution in [3.63, 3.8) is 0 Å². The zero-order valence-electron chi connectivity index (χ0n) is 10.9. The molecule has 2 aromatic carbocycles. The number of nitrogens with one attached hydrogen (secondary N) is 1. The van der Waals surface area contributed by atoms with Crippen LogP contribution in [0.2, 0.25) is 0 Å². The molecule has 3 N–H and O–H groups in total. The summed E-state index contributed by atoms with van der Waals surface area (Å²) in [7, 11) is -2.61. The van der Waals surface area contributed by atoms with Gasteiger partial charge in [-0.3, -0.25) is 4.72 Å². The van der Waals surface area contributed by atoms with Gasteiger partial charge in [-0.1, -0.05) is 15.9 Å². The molecule has 8 heteroatoms. The van der Waals surface area contributed by atoms with Gasteiger partial charge in [0.15, 0.2) is 0 Å². The number of sulfonamides is 1. The summed E-state index contributed by atoms with van der Waals surface area (Å²) in [4.78, 5) is -0.0805. The van der Waals surface area contributed by atoms with Crippen molar-refractivity contribution in [1.29, 1.82) is 0 Å². The summed E-state index contributed by atoms with van der Waals surface area (Å²) in [6.07, 6.45) is 0. The van der Waals surface area contributed by atoms with E-state index in [0.717, 1.165) is 12.1 Å². The number of methoxy groups -OCH3 is 1. The molecule has 2 rings (SSSR count). The summed E-state index contributed by atoms with van der Waals surface area (Å²) in [5.41, 5.74) is 5.73. The average molecular weight is 375 g/mol. The normalized spacial score (nSPS) is 11.2. The lowest BCUT2D eigenvalue weighted by Crippen LogP contribution is -2.15. The van der Waals surface area contributed by atoms with E-state index in [4.69, 9.17) is 10.5 Å². The molecule has 2 aromatic rings. The molecule has 0 fully saturated rings. The molecule has 0 atom stereocenters. The molecule has 0 bridgehead atoms. The van der Waals surface area contributed by atoms with Crippen LogP contribution < -0.4 is 15.2 Å². The van der Waals surface area contributed by atoms with Crippen molar-refractivity contribution >= 4 is 37.3 Å². The molecular formula is C13H12BrFN2O3S. The Bertz CT molecular complexity index is 781. The lowest BCUT2D eigenvalue weighted by Gasteiger charge is -2.13. The van der Waals surface area contributed by atoms with Gasteiger partial charge in [0.2, 0.25) is 0 Å². The minimum Gasteiger partial charge on any atom is -0.495 e. The van der Waals surface area contributed by atoms with Crippen molar-refractivity contribution in [2.75, 3.05) is 17.6 Å². The summed E-state index contributed by atoms with van der Waals surface area (Å²) in [6.45, 7) is 0. The third kappa shape index (κ3) is 3.45. The Morgan fingerprint density at radius 2 is 1.95 bits per heavy atom. The number of halogens is 2. The molecule has 0 aliphatic heterocycles. The Labute approximate surface area is 130 Å². The molecule has 5 nitrogen and oxygen atoms in total. The van der Waals surface area contributed by atoms with Crippen LogP contribution in [0.3, 0.4) is 0 Å². The highest BCUT2D eigenvalue weighted by molar-refractivity contribution is 9.10. The van der Waals surface area contributed by atoms with Gasteiger partial charge in [-0.15, -0.1) is 0 Å². The first kappa shape index (κ1) is 15.6. The van der Waals surface area contributed by atoms with E-state index in [0.29, 0.717) is 4.47 Å². The second-order valence-corrected chi connectivity index (χ2v) is 6.70. The van der Waals surface area contributed by atoms with Gasteiger partial charge in [0, 0.05) is 10.5 Å². The Morgan fingerprint density at radius 1 is 1.24 bits per heavy atom. The topological polar surface area (TPSA) is 81.4 Å². The molecule has 0 spiro atoms. The molecule has 0 aliphatic rings. The van der Waals surface area contributed by atoms with Crippen molar-refractivity contribution < 1.29 is 17.5 Å². The smallest absolute Gasteiger partial charge is 0.265 e. The number of hydrogen-bond acceptors (Lipinski definition) is 4. The van der Waals surface area contributed by atoms with Gasteiger partial charge in [-0.2, -0.15) is 0 Å². The van der Waals surface area contributed by atoms with Crippen molar-refractivity contribution in [1.82, 2.24) is 0 Å². The Hall–Kier alpha value is -1.80. The van der Waals surface area contributed by atoms with E-state index in [-0.39, 0.29) is 22.0 Å².